The van der Waals surface area contributed by atoms with Crippen LogP contribution < -0.4 is 4.72 Å². The highest BCUT2D eigenvalue weighted by Crippen LogP contribution is 2.10. The number of aromatic amines is 1. The lowest BCUT2D eigenvalue weighted by Crippen LogP contribution is -2.32. The van der Waals surface area contributed by atoms with Crippen LogP contribution in [0.25, 0.3) is 0 Å². The molecule has 0 aliphatic carbocycles. The van der Waals surface area contributed by atoms with E-state index in [4.69, 9.17) is 0 Å². The number of hydrogen-bond acceptors (Lipinski definition) is 3. The van der Waals surface area contributed by atoms with Crippen molar-refractivity contribution in [2.24, 2.45) is 0 Å². The van der Waals surface area contributed by atoms with E-state index in [1.165, 1.54) is 19.3 Å². The van der Waals surface area contributed by atoms with Gasteiger partial charge in [-0.15, -0.1) is 0 Å². The minimum atomic E-state index is -4.57. The Morgan fingerprint density at radius 1 is 1.57 bits per heavy atom. The molecule has 8 heteroatoms. The summed E-state index contributed by atoms with van der Waals surface area (Å²) in [6, 6.07) is -0.802. The van der Waals surface area contributed by atoms with Crippen LogP contribution in [0.1, 0.15) is 18.8 Å². The average molecular weight is 225 g/mol. The molecular formula is C6H9F2N3O2S. The van der Waals surface area contributed by atoms with Crippen molar-refractivity contribution in [1.82, 2.24) is 14.7 Å². The van der Waals surface area contributed by atoms with Crippen LogP contribution in [0.5, 0.6) is 0 Å². The van der Waals surface area contributed by atoms with Gasteiger partial charge in [0, 0.05) is 12.4 Å². The summed E-state index contributed by atoms with van der Waals surface area (Å²) >= 11 is 0. The molecule has 0 spiro atoms. The van der Waals surface area contributed by atoms with Gasteiger partial charge in [0.2, 0.25) is 0 Å². The monoisotopic (exact) mass is 225 g/mol. The first-order valence-electron chi connectivity index (χ1n) is 3.72. The first-order chi connectivity index (χ1) is 6.43. The Morgan fingerprint density at radius 3 is 2.64 bits per heavy atom. The van der Waals surface area contributed by atoms with Gasteiger partial charge in [-0.3, -0.25) is 0 Å². The summed E-state index contributed by atoms with van der Waals surface area (Å²) < 4.78 is 47.1. The summed E-state index contributed by atoms with van der Waals surface area (Å²) in [5.41, 5.74) is 0. The van der Waals surface area contributed by atoms with Crippen molar-refractivity contribution in [2.45, 2.75) is 18.7 Å². The molecule has 0 saturated heterocycles. The van der Waals surface area contributed by atoms with E-state index in [-0.39, 0.29) is 5.82 Å². The summed E-state index contributed by atoms with van der Waals surface area (Å²) in [7, 11) is -4.57. The van der Waals surface area contributed by atoms with Gasteiger partial charge in [0.25, 0.3) is 10.0 Å². The molecular weight excluding hydrogens is 216 g/mol. The topological polar surface area (TPSA) is 74.8 Å². The highest BCUT2D eigenvalue weighted by atomic mass is 32.2. The van der Waals surface area contributed by atoms with E-state index in [2.05, 4.69) is 9.97 Å². The van der Waals surface area contributed by atoms with Gasteiger partial charge in [0.1, 0.15) is 5.82 Å². The standard InChI is InChI=1S/C6H9F2N3O2S/c1-4(5-9-2-3-10-5)11-14(12,13)6(7)8/h2-4,6,11H,1H3,(H,9,10). The number of sulfonamides is 1. The third-order valence-electron chi connectivity index (χ3n) is 1.51. The molecule has 0 saturated carbocycles. The van der Waals surface area contributed by atoms with E-state index in [1.807, 2.05) is 0 Å². The van der Waals surface area contributed by atoms with Crippen LogP contribution in [0.15, 0.2) is 12.4 Å². The van der Waals surface area contributed by atoms with Crippen molar-refractivity contribution in [3.8, 4) is 0 Å². The van der Waals surface area contributed by atoms with E-state index in [0.29, 0.717) is 0 Å². The first-order valence-corrected chi connectivity index (χ1v) is 5.26. The molecule has 0 amide bonds. The maximum atomic E-state index is 11.9. The van der Waals surface area contributed by atoms with Crippen molar-refractivity contribution >= 4 is 10.0 Å². The SMILES string of the molecule is CC(NS(=O)(=O)C(F)F)c1ncc[nH]1. The predicted octanol–water partition coefficient (Wildman–Crippen LogP) is 0.613. The Balaban J connectivity index is 2.71. The molecule has 1 heterocycles. The van der Waals surface area contributed by atoms with Crippen LogP contribution in [0, 0.1) is 0 Å². The highest BCUT2D eigenvalue weighted by Gasteiger charge is 2.26. The van der Waals surface area contributed by atoms with Crippen LogP contribution in [-0.4, -0.2) is 24.1 Å². The third-order valence-corrected chi connectivity index (χ3v) is 2.66. The second-order valence-electron chi connectivity index (χ2n) is 2.62. The van der Waals surface area contributed by atoms with Crippen LogP contribution in [-0.2, 0) is 10.0 Å². The highest BCUT2D eigenvalue weighted by molar-refractivity contribution is 7.89. The molecule has 0 bridgehead atoms. The van der Waals surface area contributed by atoms with Gasteiger partial charge < -0.3 is 4.98 Å². The summed E-state index contributed by atoms with van der Waals surface area (Å²) in [6.07, 6.45) is 2.88. The predicted molar refractivity (Wildman–Crippen MR) is 45.1 cm³/mol. The number of nitrogens with one attached hydrogen (secondary N) is 2. The Morgan fingerprint density at radius 2 is 2.21 bits per heavy atom. The van der Waals surface area contributed by atoms with Gasteiger partial charge in [-0.1, -0.05) is 0 Å². The fourth-order valence-corrected chi connectivity index (χ4v) is 1.58. The summed E-state index contributed by atoms with van der Waals surface area (Å²) in [5.74, 6) is -3.14. The molecule has 1 atom stereocenters. The number of halogens is 2. The Labute approximate surface area is 79.6 Å². The van der Waals surface area contributed by atoms with Crippen molar-refractivity contribution in [1.29, 1.82) is 0 Å². The maximum Gasteiger partial charge on any atom is 0.350 e. The number of alkyl halides is 2. The van der Waals surface area contributed by atoms with Gasteiger partial charge in [0.15, 0.2) is 0 Å². The normalized spacial score (nSPS) is 14.6. The van der Waals surface area contributed by atoms with Gasteiger partial charge >= 0.3 is 5.76 Å². The van der Waals surface area contributed by atoms with Gasteiger partial charge in [0.05, 0.1) is 6.04 Å². The minimum absolute atomic E-state index is 0.286. The molecule has 1 unspecified atom stereocenters. The third kappa shape index (κ3) is 2.48. The number of H-pyrrole nitrogens is 1. The van der Waals surface area contributed by atoms with E-state index in [9.17, 15) is 17.2 Å². The first kappa shape index (κ1) is 11.1. The van der Waals surface area contributed by atoms with Crippen LogP contribution in [0.3, 0.4) is 0 Å². The molecule has 1 rings (SSSR count). The lowest BCUT2D eigenvalue weighted by molar-refractivity contribution is 0.231. The summed E-state index contributed by atoms with van der Waals surface area (Å²) in [5, 5.41) is 0. The number of aromatic nitrogens is 2. The molecule has 0 aromatic carbocycles. The molecule has 80 valence electrons. The molecule has 5 nitrogen and oxygen atoms in total. The maximum absolute atomic E-state index is 11.9. The Bertz CT molecular complexity index is 376. The zero-order valence-corrected chi connectivity index (χ0v) is 8.05. The number of nitrogens with zero attached hydrogens (tertiary/aromatic N) is 1. The van der Waals surface area contributed by atoms with E-state index < -0.39 is 21.8 Å². The van der Waals surface area contributed by atoms with E-state index >= 15 is 0 Å². The molecule has 0 radical (unpaired) electrons. The largest absolute Gasteiger partial charge is 0.350 e. The lowest BCUT2D eigenvalue weighted by Gasteiger charge is -2.10. The van der Waals surface area contributed by atoms with Gasteiger partial charge in [-0.2, -0.15) is 13.5 Å². The number of rotatable bonds is 4. The molecule has 14 heavy (non-hydrogen) atoms. The minimum Gasteiger partial charge on any atom is -0.347 e. The Kier molecular flexibility index (Phi) is 3.17. The molecule has 0 aliphatic heterocycles. The summed E-state index contributed by atoms with van der Waals surface area (Å²) in [6.45, 7) is 1.42. The van der Waals surface area contributed by atoms with Crippen molar-refractivity contribution in [3.63, 3.8) is 0 Å². The molecule has 0 aliphatic rings. The van der Waals surface area contributed by atoms with Gasteiger partial charge in [-0.25, -0.2) is 13.4 Å². The quantitative estimate of drug-likeness (QED) is 0.788. The molecule has 2 N–H and O–H groups in total. The lowest BCUT2D eigenvalue weighted by atomic mass is 10.3. The fraction of sp³-hybridized carbons (Fsp3) is 0.500. The van der Waals surface area contributed by atoms with Crippen LogP contribution in [0.4, 0.5) is 8.78 Å². The second-order valence-corrected chi connectivity index (χ2v) is 4.30. The fourth-order valence-electron chi connectivity index (χ4n) is 0.868. The van der Waals surface area contributed by atoms with Crippen molar-refractivity contribution in [2.75, 3.05) is 0 Å². The average Bonchev–Trinajstić information content (AvgIpc) is 2.54. The Hall–Kier alpha value is -1.02. The second kappa shape index (κ2) is 4.01. The van der Waals surface area contributed by atoms with Crippen molar-refractivity contribution < 1.29 is 17.2 Å². The zero-order valence-electron chi connectivity index (χ0n) is 7.24. The van der Waals surface area contributed by atoms with Crippen molar-refractivity contribution in [3.05, 3.63) is 18.2 Å². The van der Waals surface area contributed by atoms with E-state index in [1.54, 1.807) is 4.72 Å². The molecule has 0 fully saturated rings. The van der Waals surface area contributed by atoms with Crippen LogP contribution >= 0.6 is 0 Å². The molecule has 1 aromatic heterocycles. The van der Waals surface area contributed by atoms with Gasteiger partial charge in [-0.05, 0) is 6.92 Å². The van der Waals surface area contributed by atoms with Crippen LogP contribution in [0.2, 0.25) is 0 Å². The molecule has 1 aromatic rings. The van der Waals surface area contributed by atoms with E-state index in [0.717, 1.165) is 0 Å². The zero-order chi connectivity index (χ0) is 10.8. The number of hydrogen-bond donors (Lipinski definition) is 2. The number of imidazole rings is 1. The smallest absolute Gasteiger partial charge is 0.347 e. The summed E-state index contributed by atoms with van der Waals surface area (Å²) in [4.78, 5) is 6.35.